The molecule has 0 aromatic carbocycles. The Kier molecular flexibility index (Phi) is 5.10. The first-order valence-electron chi connectivity index (χ1n) is 6.02. The monoisotopic (exact) mass is 259 g/mol. The lowest BCUT2D eigenvalue weighted by Crippen LogP contribution is -2.40. The first-order chi connectivity index (χ1) is 8.37. The van der Waals surface area contributed by atoms with Crippen LogP contribution in [0.3, 0.4) is 0 Å². The van der Waals surface area contributed by atoms with Crippen LogP contribution in [0.2, 0.25) is 0 Å². The van der Waals surface area contributed by atoms with E-state index in [1.165, 1.54) is 0 Å². The molecule has 0 saturated carbocycles. The Balaban J connectivity index is 2.31. The minimum atomic E-state index is -0.657. The van der Waals surface area contributed by atoms with E-state index in [4.69, 9.17) is 14.3 Å². The number of amides is 1. The van der Waals surface area contributed by atoms with Gasteiger partial charge in [-0.3, -0.25) is 4.84 Å². The zero-order valence-corrected chi connectivity index (χ0v) is 11.2. The van der Waals surface area contributed by atoms with Crippen LogP contribution in [0.25, 0.3) is 0 Å². The molecule has 0 aromatic rings. The van der Waals surface area contributed by atoms with Gasteiger partial charge in [-0.15, -0.1) is 0 Å². The first-order valence-corrected chi connectivity index (χ1v) is 6.02. The van der Waals surface area contributed by atoms with Crippen LogP contribution < -0.4 is 5.48 Å². The standard InChI is InChI=1S/C12H21NO5/c1-11(2,3)18-10(15)13-17-9-12(8-14)4-6-16-7-5-12/h8H,4-7,9H2,1-3H3,(H,13,15). The molecule has 0 atom stereocenters. The van der Waals surface area contributed by atoms with Gasteiger partial charge in [0.15, 0.2) is 0 Å². The molecular formula is C12H21NO5. The van der Waals surface area contributed by atoms with Crippen molar-refractivity contribution in [2.45, 2.75) is 39.2 Å². The van der Waals surface area contributed by atoms with Crippen molar-refractivity contribution in [1.82, 2.24) is 5.48 Å². The van der Waals surface area contributed by atoms with Gasteiger partial charge in [-0.25, -0.2) is 4.79 Å². The highest BCUT2D eigenvalue weighted by Gasteiger charge is 2.33. The molecule has 1 fully saturated rings. The maximum absolute atomic E-state index is 11.3. The fourth-order valence-electron chi connectivity index (χ4n) is 1.61. The van der Waals surface area contributed by atoms with Crippen molar-refractivity contribution >= 4 is 12.4 Å². The summed E-state index contributed by atoms with van der Waals surface area (Å²) >= 11 is 0. The molecule has 0 radical (unpaired) electrons. The Labute approximate surface area is 107 Å². The fraction of sp³-hybridized carbons (Fsp3) is 0.833. The second-order valence-electron chi connectivity index (χ2n) is 5.49. The first kappa shape index (κ1) is 14.9. The highest BCUT2D eigenvalue weighted by Crippen LogP contribution is 2.28. The van der Waals surface area contributed by atoms with E-state index in [-0.39, 0.29) is 6.61 Å². The van der Waals surface area contributed by atoms with Gasteiger partial charge in [-0.2, -0.15) is 5.48 Å². The van der Waals surface area contributed by atoms with Crippen LogP contribution in [-0.2, 0) is 19.1 Å². The molecule has 1 N–H and O–H groups in total. The van der Waals surface area contributed by atoms with E-state index in [2.05, 4.69) is 5.48 Å². The molecule has 0 spiro atoms. The molecule has 1 amide bonds. The van der Waals surface area contributed by atoms with Gasteiger partial charge in [-0.05, 0) is 33.6 Å². The largest absolute Gasteiger partial charge is 0.442 e. The van der Waals surface area contributed by atoms with Crippen LogP contribution in [0.1, 0.15) is 33.6 Å². The summed E-state index contributed by atoms with van der Waals surface area (Å²) in [5.41, 5.74) is 1.05. The molecule has 6 heteroatoms. The number of hydrogen-bond donors (Lipinski definition) is 1. The van der Waals surface area contributed by atoms with Crippen LogP contribution in [0.4, 0.5) is 4.79 Å². The fourth-order valence-corrected chi connectivity index (χ4v) is 1.61. The lowest BCUT2D eigenvalue weighted by atomic mass is 9.83. The summed E-state index contributed by atoms with van der Waals surface area (Å²) < 4.78 is 10.2. The van der Waals surface area contributed by atoms with E-state index >= 15 is 0 Å². The summed E-state index contributed by atoms with van der Waals surface area (Å²) in [7, 11) is 0. The van der Waals surface area contributed by atoms with Crippen LogP contribution in [0, 0.1) is 5.41 Å². The van der Waals surface area contributed by atoms with E-state index < -0.39 is 17.1 Å². The number of hydrogen-bond acceptors (Lipinski definition) is 5. The Morgan fingerprint density at radius 1 is 1.39 bits per heavy atom. The number of rotatable bonds is 4. The Bertz CT molecular complexity index is 291. The molecule has 1 rings (SSSR count). The number of aldehydes is 1. The van der Waals surface area contributed by atoms with Crippen molar-refractivity contribution in [2.75, 3.05) is 19.8 Å². The van der Waals surface area contributed by atoms with Gasteiger partial charge in [0.2, 0.25) is 0 Å². The number of hydroxylamine groups is 1. The minimum Gasteiger partial charge on any atom is -0.442 e. The van der Waals surface area contributed by atoms with Crippen LogP contribution in [0.5, 0.6) is 0 Å². The van der Waals surface area contributed by atoms with Crippen molar-refractivity contribution in [3.8, 4) is 0 Å². The highest BCUT2D eigenvalue weighted by atomic mass is 16.7. The summed E-state index contributed by atoms with van der Waals surface area (Å²) in [5.74, 6) is 0. The van der Waals surface area contributed by atoms with E-state index in [1.807, 2.05) is 0 Å². The van der Waals surface area contributed by atoms with Crippen molar-refractivity contribution < 1.29 is 23.9 Å². The molecule has 0 aromatic heterocycles. The van der Waals surface area contributed by atoms with Crippen LogP contribution in [0.15, 0.2) is 0 Å². The van der Waals surface area contributed by atoms with E-state index in [0.29, 0.717) is 26.1 Å². The second kappa shape index (κ2) is 6.15. The quantitative estimate of drug-likeness (QED) is 0.611. The Morgan fingerprint density at radius 2 is 2.00 bits per heavy atom. The van der Waals surface area contributed by atoms with E-state index in [1.54, 1.807) is 20.8 Å². The maximum atomic E-state index is 11.3. The van der Waals surface area contributed by atoms with Gasteiger partial charge in [-0.1, -0.05) is 0 Å². The van der Waals surface area contributed by atoms with Gasteiger partial charge in [0.1, 0.15) is 11.9 Å². The van der Waals surface area contributed by atoms with Gasteiger partial charge in [0, 0.05) is 13.2 Å². The average molecular weight is 259 g/mol. The van der Waals surface area contributed by atoms with Crippen molar-refractivity contribution in [2.24, 2.45) is 5.41 Å². The van der Waals surface area contributed by atoms with Gasteiger partial charge < -0.3 is 14.3 Å². The molecule has 0 bridgehead atoms. The third kappa shape index (κ3) is 5.01. The summed E-state index contributed by atoms with van der Waals surface area (Å²) in [5, 5.41) is 0. The molecule has 104 valence electrons. The molecule has 0 aliphatic carbocycles. The highest BCUT2D eigenvalue weighted by molar-refractivity contribution is 5.66. The SMILES string of the molecule is CC(C)(C)OC(=O)NOCC1(C=O)CCOCC1. The second-order valence-corrected chi connectivity index (χ2v) is 5.49. The van der Waals surface area contributed by atoms with E-state index in [0.717, 1.165) is 6.29 Å². The molecule has 0 unspecified atom stereocenters. The topological polar surface area (TPSA) is 73.9 Å². The lowest BCUT2D eigenvalue weighted by Gasteiger charge is -2.31. The maximum Gasteiger partial charge on any atom is 0.431 e. The molecular weight excluding hydrogens is 238 g/mol. The Hall–Kier alpha value is -1.14. The molecule has 1 saturated heterocycles. The molecule has 6 nitrogen and oxygen atoms in total. The van der Waals surface area contributed by atoms with E-state index in [9.17, 15) is 9.59 Å². The summed E-state index contributed by atoms with van der Waals surface area (Å²) in [6.45, 7) is 6.50. The minimum absolute atomic E-state index is 0.138. The molecule has 1 aliphatic heterocycles. The zero-order valence-electron chi connectivity index (χ0n) is 11.2. The smallest absolute Gasteiger partial charge is 0.431 e. The molecule has 18 heavy (non-hydrogen) atoms. The average Bonchev–Trinajstić information content (AvgIpc) is 2.28. The predicted molar refractivity (Wildman–Crippen MR) is 63.9 cm³/mol. The molecule has 1 heterocycles. The van der Waals surface area contributed by atoms with Crippen molar-refractivity contribution in [3.63, 3.8) is 0 Å². The van der Waals surface area contributed by atoms with Gasteiger partial charge in [0.05, 0.1) is 12.0 Å². The summed E-state index contributed by atoms with van der Waals surface area (Å²) in [6.07, 6.45) is 1.43. The third-order valence-corrected chi connectivity index (χ3v) is 2.65. The summed E-state index contributed by atoms with van der Waals surface area (Å²) in [4.78, 5) is 27.5. The normalized spacial score (nSPS) is 19.1. The van der Waals surface area contributed by atoms with Crippen LogP contribution in [-0.4, -0.2) is 37.8 Å². The van der Waals surface area contributed by atoms with Gasteiger partial charge >= 0.3 is 6.09 Å². The van der Waals surface area contributed by atoms with Crippen molar-refractivity contribution in [3.05, 3.63) is 0 Å². The lowest BCUT2D eigenvalue weighted by molar-refractivity contribution is -0.130. The number of nitrogens with one attached hydrogen (secondary N) is 1. The number of carbonyl (C=O) groups is 2. The Morgan fingerprint density at radius 3 is 2.50 bits per heavy atom. The zero-order chi connectivity index (χ0) is 13.6. The van der Waals surface area contributed by atoms with Gasteiger partial charge in [0.25, 0.3) is 0 Å². The van der Waals surface area contributed by atoms with Crippen LogP contribution >= 0.6 is 0 Å². The number of ether oxygens (including phenoxy) is 2. The summed E-state index contributed by atoms with van der Waals surface area (Å²) in [6, 6.07) is 0. The molecule has 1 aliphatic rings. The predicted octanol–water partition coefficient (Wildman–Crippen LogP) is 1.44. The third-order valence-electron chi connectivity index (χ3n) is 2.65. The number of carbonyl (C=O) groups excluding carboxylic acids is 2. The van der Waals surface area contributed by atoms with Crippen molar-refractivity contribution in [1.29, 1.82) is 0 Å².